The van der Waals surface area contributed by atoms with Gasteiger partial charge in [0, 0.05) is 4.48 Å². The van der Waals surface area contributed by atoms with E-state index in [1.54, 1.807) is 0 Å². The van der Waals surface area contributed by atoms with Crippen molar-refractivity contribution in [3.8, 4) is 22.9 Å². The number of hydrogen-bond donors (Lipinski definition) is 0. The van der Waals surface area contributed by atoms with Crippen molar-refractivity contribution < 1.29 is 4.74 Å². The van der Waals surface area contributed by atoms with Crippen molar-refractivity contribution >= 4 is 15.9 Å². The summed E-state index contributed by atoms with van der Waals surface area (Å²) in [6.07, 6.45) is 0. The molecule has 0 radical (unpaired) electrons. The molecule has 2 rings (SSSR count). The number of hydrogen-bond acceptors (Lipinski definition) is 2. The highest BCUT2D eigenvalue weighted by Crippen LogP contribution is 2.23. The Bertz CT molecular complexity index is 609. The molecule has 94 valence electrons. The summed E-state index contributed by atoms with van der Waals surface area (Å²) in [6, 6.07) is 17.4. The lowest BCUT2D eigenvalue weighted by Crippen LogP contribution is -1.95. The van der Waals surface area contributed by atoms with Gasteiger partial charge in [-0.15, -0.1) is 0 Å². The normalized spacial score (nSPS) is 9.68. The summed E-state index contributed by atoms with van der Waals surface area (Å²) in [7, 11) is 0. The Labute approximate surface area is 121 Å². The second-order valence-electron chi connectivity index (χ2n) is 4.02. The summed E-state index contributed by atoms with van der Waals surface area (Å²) in [5, 5.41) is 8.76. The number of halogens is 1. The predicted molar refractivity (Wildman–Crippen MR) is 80.2 cm³/mol. The second-order valence-corrected chi connectivity index (χ2v) is 5.14. The maximum atomic E-state index is 8.76. The minimum Gasteiger partial charge on any atom is -0.488 e. The number of ether oxygens (including phenoxy) is 1. The van der Waals surface area contributed by atoms with Gasteiger partial charge in [-0.1, -0.05) is 46.8 Å². The highest BCUT2D eigenvalue weighted by molar-refractivity contribution is 9.11. The van der Waals surface area contributed by atoms with Gasteiger partial charge in [0.2, 0.25) is 0 Å². The Kier molecular flexibility index (Phi) is 4.38. The molecule has 0 atom stereocenters. The zero-order chi connectivity index (χ0) is 13.7. The van der Waals surface area contributed by atoms with Crippen molar-refractivity contribution in [2.45, 2.75) is 0 Å². The van der Waals surface area contributed by atoms with Gasteiger partial charge in [0.25, 0.3) is 0 Å². The zero-order valence-corrected chi connectivity index (χ0v) is 11.9. The highest BCUT2D eigenvalue weighted by atomic mass is 79.9. The van der Waals surface area contributed by atoms with Crippen LogP contribution in [0.15, 0.2) is 59.6 Å². The summed E-state index contributed by atoms with van der Waals surface area (Å²) in [5.74, 6) is 0.804. The zero-order valence-electron chi connectivity index (χ0n) is 10.3. The third-order valence-corrected chi connectivity index (χ3v) is 2.83. The molecule has 0 aliphatic rings. The maximum absolute atomic E-state index is 8.76. The standard InChI is InChI=1S/C16H12BrNO/c1-12(17)11-19-16-8-6-15(7-9-16)14-4-2-13(10-18)3-5-14/h2-9H,1,11H2. The molecule has 2 aromatic carbocycles. The van der Waals surface area contributed by atoms with E-state index in [-0.39, 0.29) is 0 Å². The van der Waals surface area contributed by atoms with Gasteiger partial charge in [-0.25, -0.2) is 0 Å². The van der Waals surface area contributed by atoms with Crippen LogP contribution in [0.2, 0.25) is 0 Å². The summed E-state index contributed by atoms with van der Waals surface area (Å²) in [4.78, 5) is 0. The highest BCUT2D eigenvalue weighted by Gasteiger charge is 1.99. The van der Waals surface area contributed by atoms with Crippen molar-refractivity contribution in [2.75, 3.05) is 6.61 Å². The quantitative estimate of drug-likeness (QED) is 0.831. The van der Waals surface area contributed by atoms with E-state index in [0.29, 0.717) is 12.2 Å². The van der Waals surface area contributed by atoms with Crippen molar-refractivity contribution in [1.82, 2.24) is 0 Å². The molecule has 0 aliphatic heterocycles. The van der Waals surface area contributed by atoms with E-state index in [9.17, 15) is 0 Å². The van der Waals surface area contributed by atoms with Crippen LogP contribution < -0.4 is 4.74 Å². The first-order valence-electron chi connectivity index (χ1n) is 5.76. The van der Waals surface area contributed by atoms with E-state index < -0.39 is 0 Å². The maximum Gasteiger partial charge on any atom is 0.119 e. The van der Waals surface area contributed by atoms with Crippen LogP contribution in [-0.4, -0.2) is 6.61 Å². The molecule has 19 heavy (non-hydrogen) atoms. The number of rotatable bonds is 4. The fourth-order valence-electron chi connectivity index (χ4n) is 1.64. The van der Waals surface area contributed by atoms with Crippen LogP contribution in [0.5, 0.6) is 5.75 Å². The molecule has 0 N–H and O–H groups in total. The SMILES string of the molecule is C=C(Br)COc1ccc(-c2ccc(C#N)cc2)cc1. The van der Waals surface area contributed by atoms with Gasteiger partial charge in [-0.2, -0.15) is 5.26 Å². The van der Waals surface area contributed by atoms with Gasteiger partial charge in [0.05, 0.1) is 11.6 Å². The first-order valence-corrected chi connectivity index (χ1v) is 6.55. The molecule has 0 saturated carbocycles. The molecule has 0 aliphatic carbocycles. The molecular weight excluding hydrogens is 302 g/mol. The molecule has 0 unspecified atom stereocenters. The van der Waals surface area contributed by atoms with E-state index >= 15 is 0 Å². The molecule has 0 spiro atoms. The average molecular weight is 314 g/mol. The Morgan fingerprint density at radius 2 is 1.58 bits per heavy atom. The number of nitriles is 1. The third kappa shape index (κ3) is 3.70. The Hall–Kier alpha value is -2.05. The van der Waals surface area contributed by atoms with Gasteiger partial charge < -0.3 is 4.74 Å². The summed E-state index contributed by atoms with van der Waals surface area (Å²) in [5.41, 5.74) is 2.84. The van der Waals surface area contributed by atoms with Crippen LogP contribution in [0.4, 0.5) is 0 Å². The monoisotopic (exact) mass is 313 g/mol. The average Bonchev–Trinajstić information content (AvgIpc) is 2.46. The van der Waals surface area contributed by atoms with Crippen molar-refractivity contribution in [1.29, 1.82) is 5.26 Å². The second kappa shape index (κ2) is 6.21. The smallest absolute Gasteiger partial charge is 0.119 e. The van der Waals surface area contributed by atoms with Crippen LogP contribution in [-0.2, 0) is 0 Å². The van der Waals surface area contributed by atoms with Crippen molar-refractivity contribution in [3.05, 3.63) is 65.2 Å². The predicted octanol–water partition coefficient (Wildman–Crippen LogP) is 4.51. The summed E-state index contributed by atoms with van der Waals surface area (Å²) in [6.45, 7) is 4.17. The van der Waals surface area contributed by atoms with Gasteiger partial charge in [0.1, 0.15) is 12.4 Å². The molecule has 0 bridgehead atoms. The molecule has 0 fully saturated rings. The molecule has 2 nitrogen and oxygen atoms in total. The minimum atomic E-state index is 0.455. The van der Waals surface area contributed by atoms with Gasteiger partial charge >= 0.3 is 0 Å². The number of nitrogens with zero attached hydrogens (tertiary/aromatic N) is 1. The molecule has 2 aromatic rings. The molecule has 0 heterocycles. The van der Waals surface area contributed by atoms with Gasteiger partial charge in [-0.3, -0.25) is 0 Å². The van der Waals surface area contributed by atoms with E-state index in [0.717, 1.165) is 21.4 Å². The topological polar surface area (TPSA) is 33.0 Å². The largest absolute Gasteiger partial charge is 0.488 e. The van der Waals surface area contributed by atoms with Crippen LogP contribution >= 0.6 is 15.9 Å². The first-order chi connectivity index (χ1) is 9.19. The molecule has 0 aromatic heterocycles. The van der Waals surface area contributed by atoms with Crippen LogP contribution in [0, 0.1) is 11.3 Å². The van der Waals surface area contributed by atoms with Crippen LogP contribution in [0.3, 0.4) is 0 Å². The van der Waals surface area contributed by atoms with E-state index in [1.807, 2.05) is 48.5 Å². The summed E-state index contributed by atoms with van der Waals surface area (Å²) < 4.78 is 6.31. The van der Waals surface area contributed by atoms with E-state index in [2.05, 4.69) is 28.6 Å². The minimum absolute atomic E-state index is 0.455. The summed E-state index contributed by atoms with van der Waals surface area (Å²) >= 11 is 3.25. The Morgan fingerprint density at radius 1 is 1.05 bits per heavy atom. The molecule has 0 amide bonds. The van der Waals surface area contributed by atoms with Crippen LogP contribution in [0.1, 0.15) is 5.56 Å². The third-order valence-electron chi connectivity index (χ3n) is 2.60. The van der Waals surface area contributed by atoms with E-state index in [4.69, 9.17) is 10.00 Å². The molecule has 0 saturated heterocycles. The van der Waals surface area contributed by atoms with Crippen molar-refractivity contribution in [2.24, 2.45) is 0 Å². The molecular formula is C16H12BrNO. The van der Waals surface area contributed by atoms with E-state index in [1.165, 1.54) is 0 Å². The Morgan fingerprint density at radius 3 is 2.05 bits per heavy atom. The lowest BCUT2D eigenvalue weighted by Gasteiger charge is -2.06. The Balaban J connectivity index is 2.13. The first kappa shape index (κ1) is 13.4. The van der Waals surface area contributed by atoms with Gasteiger partial charge in [0.15, 0.2) is 0 Å². The lowest BCUT2D eigenvalue weighted by atomic mass is 10.0. The number of benzene rings is 2. The van der Waals surface area contributed by atoms with Crippen molar-refractivity contribution in [3.63, 3.8) is 0 Å². The fraction of sp³-hybridized carbons (Fsp3) is 0.0625. The lowest BCUT2D eigenvalue weighted by molar-refractivity contribution is 0.361. The fourth-order valence-corrected chi connectivity index (χ4v) is 1.76. The molecule has 3 heteroatoms. The van der Waals surface area contributed by atoms with Gasteiger partial charge in [-0.05, 0) is 35.4 Å². The van der Waals surface area contributed by atoms with Crippen LogP contribution in [0.25, 0.3) is 11.1 Å².